The molecule has 0 aromatic rings. The highest BCUT2D eigenvalue weighted by atomic mass is 16.6. The van der Waals surface area contributed by atoms with Crippen LogP contribution in [0.3, 0.4) is 0 Å². The maximum Gasteiger partial charge on any atom is 0.328 e. The monoisotopic (exact) mass is 244 g/mol. The smallest absolute Gasteiger partial charge is 0.328 e. The molecule has 0 saturated heterocycles. The van der Waals surface area contributed by atoms with Gasteiger partial charge in [0.05, 0.1) is 0 Å². The Morgan fingerprint density at radius 3 is 2.88 bits per heavy atom. The second kappa shape index (κ2) is 4.11. The molecule has 9 nitrogen and oxygen atoms in total. The number of nitrogens with two attached hydrogens (primary N) is 1. The van der Waals surface area contributed by atoms with E-state index in [1.807, 2.05) is 0 Å². The first-order chi connectivity index (χ1) is 8.04. The van der Waals surface area contributed by atoms with Crippen LogP contribution in [0.4, 0.5) is 4.79 Å². The van der Waals surface area contributed by atoms with Crippen LogP contribution >= 0.6 is 0 Å². The zero-order chi connectivity index (χ0) is 12.6. The van der Waals surface area contributed by atoms with Crippen LogP contribution in [0.1, 0.15) is 0 Å². The summed E-state index contributed by atoms with van der Waals surface area (Å²) < 4.78 is 5.06. The van der Waals surface area contributed by atoms with Crippen molar-refractivity contribution in [3.63, 3.8) is 0 Å². The van der Waals surface area contributed by atoms with Crippen molar-refractivity contribution < 1.29 is 24.9 Å². The maximum absolute atomic E-state index is 11.5. The molecular formula is C8H12N4O5. The fraction of sp³-hybridized carbons (Fsp3) is 0.500. The number of amides is 2. The van der Waals surface area contributed by atoms with E-state index >= 15 is 0 Å². The number of ether oxygens (including phenoxy) is 1. The van der Waals surface area contributed by atoms with Crippen LogP contribution in [-0.2, 0) is 4.74 Å². The van der Waals surface area contributed by atoms with E-state index in [2.05, 4.69) is 10.3 Å². The van der Waals surface area contributed by atoms with Gasteiger partial charge in [-0.25, -0.2) is 9.79 Å². The first-order valence-corrected chi connectivity index (χ1v) is 4.79. The van der Waals surface area contributed by atoms with Gasteiger partial charge in [-0.3, -0.25) is 10.2 Å². The Labute approximate surface area is 95.8 Å². The van der Waals surface area contributed by atoms with Gasteiger partial charge < -0.3 is 25.8 Å². The number of nitrogens with zero attached hydrogens (tertiary/aromatic N) is 2. The summed E-state index contributed by atoms with van der Waals surface area (Å²) in [5.74, 6) is -0.691. The lowest BCUT2D eigenvalue weighted by Crippen LogP contribution is -2.56. The zero-order valence-corrected chi connectivity index (χ0v) is 8.70. The van der Waals surface area contributed by atoms with E-state index in [0.717, 1.165) is 4.90 Å². The number of aliphatic imine (C=N–C) groups is 1. The van der Waals surface area contributed by atoms with Crippen molar-refractivity contribution in [3.8, 4) is 0 Å². The zero-order valence-electron chi connectivity index (χ0n) is 8.70. The molecule has 17 heavy (non-hydrogen) atoms. The van der Waals surface area contributed by atoms with Gasteiger partial charge in [0.15, 0.2) is 23.6 Å². The van der Waals surface area contributed by atoms with Gasteiger partial charge in [-0.15, -0.1) is 0 Å². The van der Waals surface area contributed by atoms with E-state index in [0.29, 0.717) is 0 Å². The topological polar surface area (TPSA) is 141 Å². The van der Waals surface area contributed by atoms with Crippen LogP contribution in [0, 0.1) is 0 Å². The standard InChI is InChI=1S/C8H12N4O5/c9-7-10-2-12(8(16)11-7)6-5(15)4(14)3(1-13)17-6/h5-6,13-15H,1-2H2,(H3,9,10,11,16)/t5?,6-/m1/s1. The molecule has 2 heterocycles. The average molecular weight is 244 g/mol. The van der Waals surface area contributed by atoms with Crippen LogP contribution < -0.4 is 11.1 Å². The van der Waals surface area contributed by atoms with Crippen molar-refractivity contribution in [1.82, 2.24) is 10.2 Å². The molecule has 0 aromatic heterocycles. The number of aliphatic hydroxyl groups excluding tert-OH is 3. The van der Waals surface area contributed by atoms with E-state index < -0.39 is 30.7 Å². The van der Waals surface area contributed by atoms with Gasteiger partial charge in [0.25, 0.3) is 0 Å². The largest absolute Gasteiger partial charge is 0.506 e. The molecule has 0 aliphatic carbocycles. The van der Waals surface area contributed by atoms with Gasteiger partial charge in [-0.2, -0.15) is 0 Å². The van der Waals surface area contributed by atoms with E-state index in [9.17, 15) is 15.0 Å². The summed E-state index contributed by atoms with van der Waals surface area (Å²) in [6, 6.07) is -0.603. The lowest BCUT2D eigenvalue weighted by Gasteiger charge is -2.31. The summed E-state index contributed by atoms with van der Waals surface area (Å²) in [4.78, 5) is 16.3. The molecule has 2 aliphatic heterocycles. The third kappa shape index (κ3) is 1.85. The van der Waals surface area contributed by atoms with Gasteiger partial charge in [0, 0.05) is 0 Å². The Hall–Kier alpha value is -2.00. The predicted molar refractivity (Wildman–Crippen MR) is 54.5 cm³/mol. The Balaban J connectivity index is 2.14. The summed E-state index contributed by atoms with van der Waals surface area (Å²) in [5, 5.41) is 30.2. The van der Waals surface area contributed by atoms with Gasteiger partial charge in [-0.1, -0.05) is 0 Å². The van der Waals surface area contributed by atoms with Crippen molar-refractivity contribution >= 4 is 12.0 Å². The number of hydrogen-bond donors (Lipinski definition) is 5. The molecule has 2 rings (SSSR count). The van der Waals surface area contributed by atoms with E-state index in [1.54, 1.807) is 0 Å². The van der Waals surface area contributed by atoms with Crippen LogP contribution in [0.25, 0.3) is 0 Å². The molecule has 0 saturated carbocycles. The lowest BCUT2D eigenvalue weighted by atomic mass is 10.2. The van der Waals surface area contributed by atoms with Crippen LogP contribution in [0.2, 0.25) is 0 Å². The number of carbonyl (C=O) groups excluding carboxylic acids is 1. The minimum Gasteiger partial charge on any atom is -0.506 e. The highest BCUT2D eigenvalue weighted by Gasteiger charge is 2.42. The van der Waals surface area contributed by atoms with Gasteiger partial charge in [-0.05, 0) is 0 Å². The Kier molecular flexibility index (Phi) is 2.77. The van der Waals surface area contributed by atoms with Gasteiger partial charge >= 0.3 is 6.03 Å². The highest BCUT2D eigenvalue weighted by molar-refractivity contribution is 5.96. The minimum atomic E-state index is -1.42. The second-order valence-corrected chi connectivity index (χ2v) is 3.50. The molecule has 6 N–H and O–H groups in total. The predicted octanol–water partition coefficient (Wildman–Crippen LogP) is -2.24. The first-order valence-electron chi connectivity index (χ1n) is 4.79. The molecule has 0 radical (unpaired) electrons. The number of hydrogen-bond acceptors (Lipinski definition) is 7. The summed E-state index contributed by atoms with van der Waals surface area (Å²) in [7, 11) is 0. The van der Waals surface area contributed by atoms with Crippen LogP contribution in [0.5, 0.6) is 0 Å². The van der Waals surface area contributed by atoms with Crippen molar-refractivity contribution in [3.05, 3.63) is 11.5 Å². The first kappa shape index (κ1) is 11.5. The summed E-state index contributed by atoms with van der Waals surface area (Å²) in [6.45, 7) is -0.675. The third-order valence-corrected chi connectivity index (χ3v) is 2.44. The molecule has 0 aromatic carbocycles. The van der Waals surface area contributed by atoms with E-state index in [1.165, 1.54) is 0 Å². The fourth-order valence-electron chi connectivity index (χ4n) is 1.56. The number of urea groups is 1. The molecule has 9 heteroatoms. The SMILES string of the molecule is NC1=NCN([C@@H]2OC(CO)=C(O)C2O)C(=O)N1. The van der Waals surface area contributed by atoms with Gasteiger partial charge in [0.2, 0.25) is 6.23 Å². The second-order valence-electron chi connectivity index (χ2n) is 3.50. The normalized spacial score (nSPS) is 28.9. The number of rotatable bonds is 2. The van der Waals surface area contributed by atoms with Gasteiger partial charge in [0.1, 0.15) is 13.3 Å². The molecule has 1 unspecified atom stereocenters. The lowest BCUT2D eigenvalue weighted by molar-refractivity contribution is -0.0495. The third-order valence-electron chi connectivity index (χ3n) is 2.44. The molecule has 2 aliphatic rings. The average Bonchev–Trinajstić information content (AvgIpc) is 2.57. The summed E-state index contributed by atoms with van der Waals surface area (Å²) >= 11 is 0. The molecular weight excluding hydrogens is 232 g/mol. The molecule has 0 fully saturated rings. The van der Waals surface area contributed by atoms with Crippen molar-refractivity contribution in [1.29, 1.82) is 0 Å². The minimum absolute atomic E-state index is 0.0294. The van der Waals surface area contributed by atoms with E-state index in [-0.39, 0.29) is 18.4 Å². The highest BCUT2D eigenvalue weighted by Crippen LogP contribution is 2.26. The molecule has 0 bridgehead atoms. The van der Waals surface area contributed by atoms with E-state index in [4.69, 9.17) is 15.6 Å². The van der Waals surface area contributed by atoms with Crippen molar-refractivity contribution in [2.75, 3.05) is 13.3 Å². The number of carbonyl (C=O) groups is 1. The number of guanidine groups is 1. The molecule has 2 amide bonds. The summed E-state index contributed by atoms with van der Waals surface area (Å²) in [5.41, 5.74) is 5.29. The number of aliphatic hydroxyl groups is 3. The quantitative estimate of drug-likeness (QED) is 0.372. The Morgan fingerprint density at radius 1 is 1.65 bits per heavy atom. The molecule has 94 valence electrons. The Morgan fingerprint density at radius 2 is 2.35 bits per heavy atom. The maximum atomic E-state index is 11.5. The molecule has 2 atom stereocenters. The fourth-order valence-corrected chi connectivity index (χ4v) is 1.56. The summed E-state index contributed by atoms with van der Waals surface area (Å²) in [6.07, 6.45) is -2.55. The Bertz CT molecular complexity index is 407. The number of nitrogens with one attached hydrogen (secondary N) is 1. The van der Waals surface area contributed by atoms with Crippen molar-refractivity contribution in [2.45, 2.75) is 12.3 Å². The van der Waals surface area contributed by atoms with Crippen LogP contribution in [0.15, 0.2) is 16.5 Å². The molecule has 0 spiro atoms. The van der Waals surface area contributed by atoms with Crippen molar-refractivity contribution in [2.24, 2.45) is 10.7 Å². The van der Waals surface area contributed by atoms with Crippen LogP contribution in [-0.4, -0.2) is 57.8 Å².